The minimum absolute atomic E-state index is 0.0399. The third-order valence-corrected chi connectivity index (χ3v) is 5.86. The van der Waals surface area contributed by atoms with Crippen molar-refractivity contribution in [2.45, 2.75) is 44.0 Å². The highest BCUT2D eigenvalue weighted by Gasteiger charge is 2.31. The molecule has 26 heavy (non-hydrogen) atoms. The Kier molecular flexibility index (Phi) is 6.88. The first kappa shape index (κ1) is 20.5. The van der Waals surface area contributed by atoms with Crippen LogP contribution in [0.2, 0.25) is 0 Å². The van der Waals surface area contributed by atoms with Gasteiger partial charge in [0.05, 0.1) is 19.1 Å². The molecule has 1 heterocycles. The number of nitrogens with one attached hydrogen (secondary N) is 1. The van der Waals surface area contributed by atoms with Gasteiger partial charge in [-0.1, -0.05) is 13.8 Å². The normalized spacial score (nSPS) is 16.0. The molecule has 146 valence electrons. The number of rotatable bonds is 8. The van der Waals surface area contributed by atoms with E-state index < -0.39 is 16.1 Å². The number of amides is 1. The van der Waals surface area contributed by atoms with E-state index in [2.05, 4.69) is 4.72 Å². The molecule has 2 rings (SSSR count). The van der Waals surface area contributed by atoms with Crippen molar-refractivity contribution in [1.29, 1.82) is 0 Å². The quantitative estimate of drug-likeness (QED) is 0.741. The third kappa shape index (κ3) is 4.88. The van der Waals surface area contributed by atoms with Gasteiger partial charge in [0.25, 0.3) is 0 Å². The Labute approximate surface area is 155 Å². The van der Waals surface area contributed by atoms with Crippen LogP contribution in [0.15, 0.2) is 23.1 Å². The zero-order valence-corrected chi connectivity index (χ0v) is 16.6. The van der Waals surface area contributed by atoms with Crippen LogP contribution in [0.25, 0.3) is 0 Å². The van der Waals surface area contributed by atoms with Crippen molar-refractivity contribution in [3.8, 4) is 11.5 Å². The van der Waals surface area contributed by atoms with Gasteiger partial charge in [0.15, 0.2) is 11.5 Å². The van der Waals surface area contributed by atoms with Crippen LogP contribution in [-0.2, 0) is 14.8 Å². The zero-order chi connectivity index (χ0) is 19.3. The molecule has 0 aromatic heterocycles. The second-order valence-corrected chi connectivity index (χ2v) is 8.57. The molecule has 1 amide bonds. The Bertz CT molecular complexity index is 727. The molecule has 1 N–H and O–H groups in total. The Morgan fingerprint density at radius 1 is 1.15 bits per heavy atom. The molecular weight excluding hydrogens is 356 g/mol. The van der Waals surface area contributed by atoms with E-state index in [0.29, 0.717) is 31.0 Å². The van der Waals surface area contributed by atoms with Crippen LogP contribution in [0, 0.1) is 5.92 Å². The molecule has 0 unspecified atom stereocenters. The number of ether oxygens (including phenoxy) is 2. The smallest absolute Gasteiger partial charge is 0.241 e. The first-order valence-electron chi connectivity index (χ1n) is 8.81. The molecule has 0 aliphatic carbocycles. The Morgan fingerprint density at radius 2 is 1.77 bits per heavy atom. The number of carbonyl (C=O) groups excluding carboxylic acids is 1. The maximum atomic E-state index is 12.8. The summed E-state index contributed by atoms with van der Waals surface area (Å²) in [4.78, 5) is 14.5. The van der Waals surface area contributed by atoms with Gasteiger partial charge in [-0.2, -0.15) is 4.72 Å². The summed E-state index contributed by atoms with van der Waals surface area (Å²) in [5.41, 5.74) is 0. The number of nitrogens with zero attached hydrogens (tertiary/aromatic N) is 1. The predicted molar refractivity (Wildman–Crippen MR) is 98.9 cm³/mol. The lowest BCUT2D eigenvalue weighted by atomic mass is 10.0. The molecule has 0 radical (unpaired) electrons. The van der Waals surface area contributed by atoms with Gasteiger partial charge in [0, 0.05) is 19.2 Å². The second-order valence-electron chi connectivity index (χ2n) is 6.85. The molecule has 7 nitrogen and oxygen atoms in total. The highest BCUT2D eigenvalue weighted by atomic mass is 32.2. The minimum atomic E-state index is -3.87. The van der Waals surface area contributed by atoms with E-state index in [1.54, 1.807) is 4.90 Å². The number of methoxy groups -OCH3 is 2. The van der Waals surface area contributed by atoms with Gasteiger partial charge >= 0.3 is 0 Å². The number of hydrogen-bond donors (Lipinski definition) is 1. The summed E-state index contributed by atoms with van der Waals surface area (Å²) in [6.45, 7) is 5.31. The molecule has 1 aromatic rings. The number of carbonyl (C=O) groups is 1. The van der Waals surface area contributed by atoms with E-state index in [9.17, 15) is 13.2 Å². The fourth-order valence-corrected chi connectivity index (χ4v) is 4.28. The number of hydrogen-bond acceptors (Lipinski definition) is 5. The fourth-order valence-electron chi connectivity index (χ4n) is 3.07. The van der Waals surface area contributed by atoms with Crippen LogP contribution in [0.3, 0.4) is 0 Å². The molecule has 1 aliphatic heterocycles. The summed E-state index contributed by atoms with van der Waals surface area (Å²) in [6, 6.07) is 3.60. The lowest BCUT2D eigenvalue weighted by Crippen LogP contribution is -2.48. The molecule has 1 fully saturated rings. The Morgan fingerprint density at radius 3 is 2.31 bits per heavy atom. The van der Waals surface area contributed by atoms with E-state index in [0.717, 1.165) is 12.8 Å². The van der Waals surface area contributed by atoms with E-state index in [4.69, 9.17) is 9.47 Å². The zero-order valence-electron chi connectivity index (χ0n) is 15.8. The monoisotopic (exact) mass is 384 g/mol. The van der Waals surface area contributed by atoms with Gasteiger partial charge in [-0.25, -0.2) is 8.42 Å². The Hall–Kier alpha value is -1.80. The van der Waals surface area contributed by atoms with Crippen molar-refractivity contribution in [1.82, 2.24) is 9.62 Å². The standard InChI is InChI=1S/C18H28N2O5S/c1-13(2)11-15(18(21)20-9-5-6-10-20)19-26(22,23)14-7-8-16(24-3)17(12-14)25-4/h7-8,12-13,15,19H,5-6,9-11H2,1-4H3/t15-/m0/s1. The van der Waals surface area contributed by atoms with E-state index in [1.807, 2.05) is 13.8 Å². The molecule has 0 saturated carbocycles. The maximum absolute atomic E-state index is 12.8. The van der Waals surface area contributed by atoms with Crippen molar-refractivity contribution < 1.29 is 22.7 Å². The summed E-state index contributed by atoms with van der Waals surface area (Å²) in [5, 5.41) is 0. The lowest BCUT2D eigenvalue weighted by molar-refractivity contribution is -0.132. The van der Waals surface area contributed by atoms with E-state index >= 15 is 0 Å². The van der Waals surface area contributed by atoms with Gasteiger partial charge in [-0.05, 0) is 37.3 Å². The van der Waals surface area contributed by atoms with E-state index in [1.165, 1.54) is 32.4 Å². The van der Waals surface area contributed by atoms with Crippen molar-refractivity contribution in [3.05, 3.63) is 18.2 Å². The predicted octanol–water partition coefficient (Wildman–Crippen LogP) is 2.02. The molecule has 1 aliphatic rings. The molecule has 0 spiro atoms. The topological polar surface area (TPSA) is 84.9 Å². The highest BCUT2D eigenvalue weighted by molar-refractivity contribution is 7.89. The SMILES string of the molecule is COc1ccc(S(=O)(=O)N[C@@H](CC(C)C)C(=O)N2CCCC2)cc1OC. The summed E-state index contributed by atoms with van der Waals surface area (Å²) >= 11 is 0. The average Bonchev–Trinajstić information content (AvgIpc) is 3.13. The summed E-state index contributed by atoms with van der Waals surface area (Å²) in [5.74, 6) is 0.792. The van der Waals surface area contributed by atoms with Crippen LogP contribution < -0.4 is 14.2 Å². The lowest BCUT2D eigenvalue weighted by Gasteiger charge is -2.25. The minimum Gasteiger partial charge on any atom is -0.493 e. The molecule has 0 bridgehead atoms. The van der Waals surface area contributed by atoms with Gasteiger partial charge < -0.3 is 14.4 Å². The summed E-state index contributed by atoms with van der Waals surface area (Å²) < 4.78 is 38.6. The summed E-state index contributed by atoms with van der Waals surface area (Å²) in [7, 11) is -0.942. The van der Waals surface area contributed by atoms with Crippen LogP contribution in [0.5, 0.6) is 11.5 Å². The largest absolute Gasteiger partial charge is 0.493 e. The third-order valence-electron chi connectivity index (χ3n) is 4.39. The van der Waals surface area contributed by atoms with Crippen molar-refractivity contribution in [2.75, 3.05) is 27.3 Å². The van der Waals surface area contributed by atoms with Crippen LogP contribution in [0.4, 0.5) is 0 Å². The van der Waals surface area contributed by atoms with Gasteiger partial charge in [0.1, 0.15) is 6.04 Å². The molecule has 8 heteroatoms. The molecule has 1 saturated heterocycles. The van der Waals surface area contributed by atoms with Crippen molar-refractivity contribution >= 4 is 15.9 Å². The Balaban J connectivity index is 2.26. The van der Waals surface area contributed by atoms with Gasteiger partial charge in [0.2, 0.25) is 15.9 Å². The maximum Gasteiger partial charge on any atom is 0.241 e. The van der Waals surface area contributed by atoms with Gasteiger partial charge in [-0.15, -0.1) is 0 Å². The number of benzene rings is 1. The van der Waals surface area contributed by atoms with Crippen molar-refractivity contribution in [3.63, 3.8) is 0 Å². The van der Waals surface area contributed by atoms with E-state index in [-0.39, 0.29) is 16.7 Å². The number of likely N-dealkylation sites (tertiary alicyclic amines) is 1. The summed E-state index contributed by atoms with van der Waals surface area (Å²) in [6.07, 6.45) is 2.37. The number of sulfonamides is 1. The van der Waals surface area contributed by atoms with Crippen LogP contribution >= 0.6 is 0 Å². The first-order valence-corrected chi connectivity index (χ1v) is 10.3. The van der Waals surface area contributed by atoms with Crippen LogP contribution in [0.1, 0.15) is 33.1 Å². The second kappa shape index (κ2) is 8.73. The first-order chi connectivity index (χ1) is 12.3. The highest BCUT2D eigenvalue weighted by Crippen LogP contribution is 2.29. The van der Waals surface area contributed by atoms with Crippen molar-refractivity contribution in [2.24, 2.45) is 5.92 Å². The molecule has 1 atom stereocenters. The molecule has 1 aromatic carbocycles. The van der Waals surface area contributed by atoms with Crippen LogP contribution in [-0.4, -0.2) is 52.6 Å². The van der Waals surface area contributed by atoms with Gasteiger partial charge in [-0.3, -0.25) is 4.79 Å². The average molecular weight is 384 g/mol. The molecular formula is C18H28N2O5S. The fraction of sp³-hybridized carbons (Fsp3) is 0.611.